The van der Waals surface area contributed by atoms with E-state index in [0.29, 0.717) is 25.7 Å². The summed E-state index contributed by atoms with van der Waals surface area (Å²) in [7, 11) is 0. The predicted octanol–water partition coefficient (Wildman–Crippen LogP) is 3.40. The summed E-state index contributed by atoms with van der Waals surface area (Å²) in [6.45, 7) is 13.8. The maximum atomic E-state index is 13.9. The molecular formula is C24H40FIN4O2. The molecule has 2 fully saturated rings. The van der Waals surface area contributed by atoms with Crippen molar-refractivity contribution in [2.24, 2.45) is 10.9 Å². The molecule has 3 rings (SSSR count). The molecule has 0 saturated carbocycles. The van der Waals surface area contributed by atoms with Gasteiger partial charge in [0.2, 0.25) is 0 Å². The summed E-state index contributed by atoms with van der Waals surface area (Å²) in [6.07, 6.45) is 1.83. The average molecular weight is 563 g/mol. The topological polar surface area (TPSA) is 58.1 Å². The molecule has 0 spiro atoms. The first-order valence-corrected chi connectivity index (χ1v) is 11.7. The lowest BCUT2D eigenvalue weighted by Gasteiger charge is -2.37. The van der Waals surface area contributed by atoms with Crippen LogP contribution in [-0.4, -0.2) is 76.1 Å². The molecule has 2 saturated heterocycles. The smallest absolute Gasteiger partial charge is 0.191 e. The second-order valence-electron chi connectivity index (χ2n) is 9.13. The summed E-state index contributed by atoms with van der Waals surface area (Å²) in [4.78, 5) is 7.39. The van der Waals surface area contributed by atoms with E-state index in [1.807, 2.05) is 6.07 Å². The van der Waals surface area contributed by atoms with Crippen molar-refractivity contribution < 1.29 is 13.9 Å². The Morgan fingerprint density at radius 2 is 2.03 bits per heavy atom. The van der Waals surface area contributed by atoms with Gasteiger partial charge in [-0.15, -0.1) is 24.0 Å². The third-order valence-electron chi connectivity index (χ3n) is 6.11. The molecule has 32 heavy (non-hydrogen) atoms. The van der Waals surface area contributed by atoms with E-state index in [-0.39, 0.29) is 41.3 Å². The molecule has 182 valence electrons. The molecule has 1 aromatic rings. The molecule has 0 bridgehead atoms. The van der Waals surface area contributed by atoms with E-state index in [1.165, 1.54) is 6.07 Å². The number of rotatable bonds is 8. The lowest BCUT2D eigenvalue weighted by molar-refractivity contribution is -0.0284. The van der Waals surface area contributed by atoms with Crippen molar-refractivity contribution in [3.8, 4) is 0 Å². The van der Waals surface area contributed by atoms with Crippen LogP contribution in [0.25, 0.3) is 0 Å². The van der Waals surface area contributed by atoms with Crippen molar-refractivity contribution in [3.05, 3.63) is 35.6 Å². The highest BCUT2D eigenvalue weighted by molar-refractivity contribution is 14.0. The number of halogens is 2. The van der Waals surface area contributed by atoms with Crippen LogP contribution in [0, 0.1) is 11.7 Å². The van der Waals surface area contributed by atoms with Gasteiger partial charge in [0.25, 0.3) is 0 Å². The van der Waals surface area contributed by atoms with Gasteiger partial charge in [0.1, 0.15) is 5.82 Å². The van der Waals surface area contributed by atoms with Crippen molar-refractivity contribution in [2.75, 3.05) is 59.1 Å². The second-order valence-corrected chi connectivity index (χ2v) is 9.13. The summed E-state index contributed by atoms with van der Waals surface area (Å²) >= 11 is 0. The molecule has 2 heterocycles. The molecule has 1 atom stereocenters. The number of guanidine groups is 1. The summed E-state index contributed by atoms with van der Waals surface area (Å²) in [6, 6.07) is 6.96. The van der Waals surface area contributed by atoms with Crippen LogP contribution in [-0.2, 0) is 14.9 Å². The molecule has 0 aliphatic carbocycles. The van der Waals surface area contributed by atoms with Crippen molar-refractivity contribution in [3.63, 3.8) is 0 Å². The zero-order valence-electron chi connectivity index (χ0n) is 19.7. The quantitative estimate of drug-likeness (QED) is 0.289. The van der Waals surface area contributed by atoms with Crippen LogP contribution >= 0.6 is 24.0 Å². The number of ether oxygens (including phenoxy) is 2. The van der Waals surface area contributed by atoms with Gasteiger partial charge >= 0.3 is 0 Å². The Bertz CT molecular complexity index is 713. The maximum Gasteiger partial charge on any atom is 0.191 e. The molecule has 2 aliphatic heterocycles. The zero-order chi connectivity index (χ0) is 22.1. The van der Waals surface area contributed by atoms with Crippen LogP contribution in [0.2, 0.25) is 0 Å². The molecule has 1 aromatic carbocycles. The standard InChI is InChI=1S/C24H39FN4O2.HI/c1-4-26-23(27-15-22-17-29(10-13-31-22)16-19(2)3)28-18-24(8-11-30-12-9-24)20-6-5-7-21(25)14-20;/h5-7,14,19,22H,4,8-13,15-18H2,1-3H3,(H2,26,27,28);1H. The Morgan fingerprint density at radius 3 is 2.72 bits per heavy atom. The van der Waals surface area contributed by atoms with Gasteiger partial charge in [0, 0.05) is 51.4 Å². The number of nitrogens with zero attached hydrogens (tertiary/aromatic N) is 2. The molecule has 8 heteroatoms. The van der Waals surface area contributed by atoms with Gasteiger partial charge in [-0.2, -0.15) is 0 Å². The fourth-order valence-electron chi connectivity index (χ4n) is 4.49. The lowest BCUT2D eigenvalue weighted by Crippen LogP contribution is -2.50. The van der Waals surface area contributed by atoms with E-state index in [4.69, 9.17) is 14.5 Å². The number of hydrogen-bond acceptors (Lipinski definition) is 4. The number of hydrogen-bond donors (Lipinski definition) is 2. The lowest BCUT2D eigenvalue weighted by atomic mass is 9.74. The van der Waals surface area contributed by atoms with Crippen LogP contribution in [0.4, 0.5) is 4.39 Å². The minimum absolute atomic E-state index is 0. The predicted molar refractivity (Wildman–Crippen MR) is 139 cm³/mol. The first kappa shape index (κ1) is 27.3. The van der Waals surface area contributed by atoms with Gasteiger partial charge in [-0.1, -0.05) is 26.0 Å². The number of benzene rings is 1. The fourth-order valence-corrected chi connectivity index (χ4v) is 4.49. The third-order valence-corrected chi connectivity index (χ3v) is 6.11. The Balaban J connectivity index is 0.00000363. The second kappa shape index (κ2) is 13.7. The molecule has 0 radical (unpaired) electrons. The Kier molecular flexibility index (Phi) is 11.7. The fraction of sp³-hybridized carbons (Fsp3) is 0.708. The molecular weight excluding hydrogens is 522 g/mol. The van der Waals surface area contributed by atoms with Crippen molar-refractivity contribution in [1.29, 1.82) is 0 Å². The van der Waals surface area contributed by atoms with Gasteiger partial charge in [-0.05, 0) is 43.4 Å². The summed E-state index contributed by atoms with van der Waals surface area (Å²) in [5.41, 5.74) is 0.813. The number of aliphatic imine (C=N–C) groups is 1. The van der Waals surface area contributed by atoms with Gasteiger partial charge in [0.05, 0.1) is 19.3 Å². The number of morpholine rings is 1. The average Bonchev–Trinajstić information content (AvgIpc) is 2.76. The Morgan fingerprint density at radius 1 is 1.25 bits per heavy atom. The largest absolute Gasteiger partial charge is 0.381 e. The number of nitrogens with one attached hydrogen (secondary N) is 2. The van der Waals surface area contributed by atoms with E-state index < -0.39 is 0 Å². The maximum absolute atomic E-state index is 13.9. The normalized spacial score (nSPS) is 21.8. The van der Waals surface area contributed by atoms with Crippen LogP contribution in [0.15, 0.2) is 29.3 Å². The van der Waals surface area contributed by atoms with Crippen molar-refractivity contribution in [1.82, 2.24) is 15.5 Å². The molecule has 2 N–H and O–H groups in total. The molecule has 0 amide bonds. The first-order chi connectivity index (χ1) is 15.0. The molecule has 2 aliphatic rings. The van der Waals surface area contributed by atoms with Crippen molar-refractivity contribution >= 4 is 29.9 Å². The molecule has 6 nitrogen and oxygen atoms in total. The molecule has 0 aromatic heterocycles. The van der Waals surface area contributed by atoms with E-state index in [0.717, 1.165) is 63.7 Å². The Hall–Kier alpha value is -0.970. The highest BCUT2D eigenvalue weighted by Crippen LogP contribution is 2.35. The van der Waals surface area contributed by atoms with Crippen LogP contribution in [0.3, 0.4) is 0 Å². The summed E-state index contributed by atoms with van der Waals surface area (Å²) in [5.74, 6) is 1.25. The Labute approximate surface area is 209 Å². The van der Waals surface area contributed by atoms with Crippen LogP contribution < -0.4 is 10.6 Å². The van der Waals surface area contributed by atoms with Crippen LogP contribution in [0.5, 0.6) is 0 Å². The monoisotopic (exact) mass is 562 g/mol. The highest BCUT2D eigenvalue weighted by Gasteiger charge is 2.35. The minimum Gasteiger partial charge on any atom is -0.381 e. The van der Waals surface area contributed by atoms with Gasteiger partial charge < -0.3 is 20.1 Å². The van der Waals surface area contributed by atoms with Gasteiger partial charge in [0.15, 0.2) is 5.96 Å². The summed E-state index contributed by atoms with van der Waals surface area (Å²) in [5, 5.41) is 6.82. The van der Waals surface area contributed by atoms with E-state index in [1.54, 1.807) is 12.1 Å². The van der Waals surface area contributed by atoms with Gasteiger partial charge in [-0.3, -0.25) is 9.89 Å². The minimum atomic E-state index is -0.197. The van der Waals surface area contributed by atoms with Crippen molar-refractivity contribution in [2.45, 2.75) is 45.1 Å². The highest BCUT2D eigenvalue weighted by atomic mass is 127. The summed E-state index contributed by atoms with van der Waals surface area (Å²) < 4.78 is 25.5. The van der Waals surface area contributed by atoms with E-state index >= 15 is 0 Å². The molecule has 1 unspecified atom stereocenters. The van der Waals surface area contributed by atoms with Crippen LogP contribution in [0.1, 0.15) is 39.2 Å². The zero-order valence-corrected chi connectivity index (χ0v) is 22.1. The SMILES string of the molecule is CCNC(=NCC1(c2cccc(F)c2)CCOCC1)NCC1CN(CC(C)C)CCO1.I. The third kappa shape index (κ3) is 8.11. The first-order valence-electron chi connectivity index (χ1n) is 11.7. The van der Waals surface area contributed by atoms with E-state index in [2.05, 4.69) is 36.3 Å². The van der Waals surface area contributed by atoms with Gasteiger partial charge in [-0.25, -0.2) is 4.39 Å². The van der Waals surface area contributed by atoms with E-state index in [9.17, 15) is 4.39 Å².